The van der Waals surface area contributed by atoms with Crippen molar-refractivity contribution in [1.82, 2.24) is 15.0 Å². The maximum Gasteiger partial charge on any atom is 0.244 e. The number of nitrogens with zero attached hydrogens (tertiary/aromatic N) is 2. The Balaban J connectivity index is 1.37. The molecular formula is C20H17N5O3S2. The smallest absolute Gasteiger partial charge is 0.244 e. The van der Waals surface area contributed by atoms with Gasteiger partial charge in [-0.05, 0) is 5.56 Å². The number of amides is 1. The molecular weight excluding hydrogens is 422 g/mol. The summed E-state index contributed by atoms with van der Waals surface area (Å²) in [6, 6.07) is 18.9. The van der Waals surface area contributed by atoms with E-state index >= 15 is 0 Å². The van der Waals surface area contributed by atoms with E-state index in [0.717, 1.165) is 11.1 Å². The molecule has 0 aliphatic rings. The van der Waals surface area contributed by atoms with Gasteiger partial charge in [-0.15, -0.1) is 11.3 Å². The fraction of sp³-hybridized carbons (Fsp3) is 0.0500. The highest BCUT2D eigenvalue weighted by molar-refractivity contribution is 7.93. The Kier molecular flexibility index (Phi) is 5.59. The summed E-state index contributed by atoms with van der Waals surface area (Å²) in [5.74, 6) is -1.40. The number of hydrogen-bond acceptors (Lipinski definition) is 6. The standard InChI is InChI=1S/C20H17N5O3S2/c26-18(24-20-23-17(12-29-20)15-9-5-2-6-10-15)13-30(27,28)25-19-21-11-16(22-19)14-7-3-1-4-8-14/h1-12H,13H2,(H2,21,22,25)(H,23,24,26). The molecule has 2 aromatic carbocycles. The number of anilines is 2. The number of aromatic amines is 1. The predicted molar refractivity (Wildman–Crippen MR) is 118 cm³/mol. The maximum atomic E-state index is 12.3. The van der Waals surface area contributed by atoms with Crippen LogP contribution in [0.1, 0.15) is 0 Å². The molecule has 8 nitrogen and oxygen atoms in total. The lowest BCUT2D eigenvalue weighted by Crippen LogP contribution is -2.27. The van der Waals surface area contributed by atoms with Crippen LogP contribution in [0.2, 0.25) is 0 Å². The van der Waals surface area contributed by atoms with E-state index in [0.29, 0.717) is 16.5 Å². The van der Waals surface area contributed by atoms with Crippen molar-refractivity contribution in [2.75, 3.05) is 15.8 Å². The number of sulfonamides is 1. The minimum absolute atomic E-state index is 0.0438. The number of thiazole rings is 1. The number of benzene rings is 2. The second-order valence-corrected chi connectivity index (χ2v) is 8.91. The van der Waals surface area contributed by atoms with Crippen LogP contribution in [0.3, 0.4) is 0 Å². The Bertz CT molecular complexity index is 1250. The molecule has 0 spiro atoms. The first-order chi connectivity index (χ1) is 14.5. The van der Waals surface area contributed by atoms with E-state index in [1.54, 1.807) is 5.38 Å². The van der Waals surface area contributed by atoms with Gasteiger partial charge in [0.25, 0.3) is 0 Å². The van der Waals surface area contributed by atoms with Gasteiger partial charge in [0.15, 0.2) is 5.13 Å². The minimum Gasteiger partial charge on any atom is -0.323 e. The lowest BCUT2D eigenvalue weighted by Gasteiger charge is -2.05. The third-order valence-electron chi connectivity index (χ3n) is 4.05. The molecule has 0 atom stereocenters. The van der Waals surface area contributed by atoms with Crippen LogP contribution in [0, 0.1) is 0 Å². The Labute approximate surface area is 177 Å². The molecule has 0 saturated heterocycles. The van der Waals surface area contributed by atoms with Gasteiger partial charge in [-0.25, -0.2) is 18.4 Å². The van der Waals surface area contributed by atoms with Gasteiger partial charge >= 0.3 is 0 Å². The van der Waals surface area contributed by atoms with Gasteiger partial charge in [-0.3, -0.25) is 9.52 Å². The van der Waals surface area contributed by atoms with Crippen LogP contribution in [-0.2, 0) is 14.8 Å². The molecule has 1 amide bonds. The van der Waals surface area contributed by atoms with Crippen LogP contribution in [0.5, 0.6) is 0 Å². The van der Waals surface area contributed by atoms with Crippen LogP contribution >= 0.6 is 11.3 Å². The van der Waals surface area contributed by atoms with E-state index in [-0.39, 0.29) is 5.95 Å². The number of nitrogens with one attached hydrogen (secondary N) is 3. The fourth-order valence-electron chi connectivity index (χ4n) is 2.72. The summed E-state index contributed by atoms with van der Waals surface area (Å²) >= 11 is 1.23. The topological polar surface area (TPSA) is 117 Å². The quantitative estimate of drug-likeness (QED) is 0.407. The Morgan fingerprint density at radius 1 is 1.00 bits per heavy atom. The molecule has 0 radical (unpaired) electrons. The number of aromatic nitrogens is 3. The van der Waals surface area contributed by atoms with Crippen molar-refractivity contribution in [2.45, 2.75) is 0 Å². The average molecular weight is 440 g/mol. The second kappa shape index (κ2) is 8.47. The molecule has 0 fully saturated rings. The van der Waals surface area contributed by atoms with Crippen LogP contribution in [0.4, 0.5) is 11.1 Å². The van der Waals surface area contributed by atoms with E-state index in [4.69, 9.17) is 0 Å². The highest BCUT2D eigenvalue weighted by Crippen LogP contribution is 2.24. The lowest BCUT2D eigenvalue weighted by atomic mass is 10.2. The molecule has 152 valence electrons. The average Bonchev–Trinajstić information content (AvgIpc) is 3.38. The lowest BCUT2D eigenvalue weighted by molar-refractivity contribution is -0.113. The number of carbonyl (C=O) groups is 1. The molecule has 0 saturated carbocycles. The summed E-state index contributed by atoms with van der Waals surface area (Å²) < 4.78 is 26.9. The normalized spacial score (nSPS) is 11.2. The fourth-order valence-corrected chi connectivity index (χ4v) is 4.35. The Hall–Kier alpha value is -3.50. The van der Waals surface area contributed by atoms with Gasteiger partial charge in [0.1, 0.15) is 5.75 Å². The van der Waals surface area contributed by atoms with Gasteiger partial charge in [-0.1, -0.05) is 60.7 Å². The molecule has 0 aliphatic carbocycles. The SMILES string of the molecule is O=C(CS(=O)(=O)Nc1ncc(-c2ccccc2)[nH]1)Nc1nc(-c2ccccc2)cs1. The van der Waals surface area contributed by atoms with Gasteiger partial charge in [0.2, 0.25) is 21.9 Å². The molecule has 2 aromatic heterocycles. The highest BCUT2D eigenvalue weighted by atomic mass is 32.2. The summed E-state index contributed by atoms with van der Waals surface area (Å²) in [6.07, 6.45) is 1.52. The van der Waals surface area contributed by atoms with Crippen LogP contribution in [-0.4, -0.2) is 35.0 Å². The third kappa shape index (κ3) is 4.91. The molecule has 30 heavy (non-hydrogen) atoms. The highest BCUT2D eigenvalue weighted by Gasteiger charge is 2.19. The third-order valence-corrected chi connectivity index (χ3v) is 5.96. The molecule has 4 aromatic rings. The van der Waals surface area contributed by atoms with Crippen LogP contribution in [0.15, 0.2) is 72.2 Å². The molecule has 10 heteroatoms. The predicted octanol–water partition coefficient (Wildman–Crippen LogP) is 3.58. The molecule has 3 N–H and O–H groups in total. The van der Waals surface area contributed by atoms with Crippen molar-refractivity contribution < 1.29 is 13.2 Å². The van der Waals surface area contributed by atoms with Crippen molar-refractivity contribution in [3.63, 3.8) is 0 Å². The number of imidazole rings is 1. The van der Waals surface area contributed by atoms with Crippen LogP contribution < -0.4 is 10.0 Å². The zero-order chi connectivity index (χ0) is 21.0. The molecule has 0 bridgehead atoms. The number of rotatable bonds is 7. The Morgan fingerprint density at radius 2 is 1.67 bits per heavy atom. The summed E-state index contributed by atoms with van der Waals surface area (Å²) in [5.41, 5.74) is 3.15. The first-order valence-electron chi connectivity index (χ1n) is 8.90. The summed E-state index contributed by atoms with van der Waals surface area (Å²) in [5, 5.41) is 4.65. The van der Waals surface area contributed by atoms with E-state index in [1.807, 2.05) is 60.7 Å². The second-order valence-electron chi connectivity index (χ2n) is 6.32. The largest absolute Gasteiger partial charge is 0.323 e. The summed E-state index contributed by atoms with van der Waals surface area (Å²) in [6.45, 7) is 0. The minimum atomic E-state index is -3.95. The zero-order valence-electron chi connectivity index (χ0n) is 15.6. The number of hydrogen-bond donors (Lipinski definition) is 3. The molecule has 0 aliphatic heterocycles. The maximum absolute atomic E-state index is 12.3. The summed E-state index contributed by atoms with van der Waals surface area (Å²) in [4.78, 5) is 23.4. The molecule has 4 rings (SSSR count). The van der Waals surface area contributed by atoms with Crippen molar-refractivity contribution in [3.8, 4) is 22.5 Å². The van der Waals surface area contributed by atoms with Crippen molar-refractivity contribution >= 4 is 38.3 Å². The van der Waals surface area contributed by atoms with Gasteiger partial charge in [-0.2, -0.15) is 0 Å². The van der Waals surface area contributed by atoms with Gasteiger partial charge in [0.05, 0.1) is 17.6 Å². The van der Waals surface area contributed by atoms with Crippen molar-refractivity contribution in [3.05, 3.63) is 72.2 Å². The number of carbonyl (C=O) groups excluding carboxylic acids is 1. The number of H-pyrrole nitrogens is 1. The van der Waals surface area contributed by atoms with E-state index in [1.165, 1.54) is 17.5 Å². The summed E-state index contributed by atoms with van der Waals surface area (Å²) in [7, 11) is -3.95. The van der Waals surface area contributed by atoms with E-state index < -0.39 is 21.7 Å². The van der Waals surface area contributed by atoms with E-state index in [9.17, 15) is 13.2 Å². The van der Waals surface area contributed by atoms with E-state index in [2.05, 4.69) is 25.0 Å². The monoisotopic (exact) mass is 439 g/mol. The first kappa shape index (κ1) is 19.8. The van der Waals surface area contributed by atoms with Gasteiger partial charge < -0.3 is 10.3 Å². The van der Waals surface area contributed by atoms with Crippen molar-refractivity contribution in [2.24, 2.45) is 0 Å². The molecule has 2 heterocycles. The van der Waals surface area contributed by atoms with Crippen molar-refractivity contribution in [1.29, 1.82) is 0 Å². The van der Waals surface area contributed by atoms with Gasteiger partial charge in [0, 0.05) is 10.9 Å². The first-order valence-corrected chi connectivity index (χ1v) is 11.4. The Morgan fingerprint density at radius 3 is 2.37 bits per heavy atom. The zero-order valence-corrected chi connectivity index (χ0v) is 17.2. The van der Waals surface area contributed by atoms with Crippen LogP contribution in [0.25, 0.3) is 22.5 Å². The molecule has 0 unspecified atom stereocenters.